The monoisotopic (exact) mass is 241 g/mol. The Labute approximate surface area is 101 Å². The van der Waals surface area contributed by atoms with Crippen LogP contribution in [-0.4, -0.2) is 25.7 Å². The van der Waals surface area contributed by atoms with Crippen LogP contribution in [0.25, 0.3) is 0 Å². The summed E-state index contributed by atoms with van der Waals surface area (Å²) in [5.41, 5.74) is 0. The molecule has 1 heterocycles. The molecule has 0 saturated heterocycles. The molecule has 0 aliphatic rings. The van der Waals surface area contributed by atoms with E-state index in [1.54, 1.807) is 0 Å². The molecule has 0 radical (unpaired) electrons. The predicted molar refractivity (Wildman–Crippen MR) is 66.9 cm³/mol. The van der Waals surface area contributed by atoms with Gasteiger partial charge in [0.05, 0.1) is 13.5 Å². The first-order valence-electron chi connectivity index (χ1n) is 5.47. The summed E-state index contributed by atoms with van der Waals surface area (Å²) in [7, 11) is 1.42. The molecule has 1 unspecified atom stereocenters. The average Bonchev–Trinajstić information content (AvgIpc) is 2.63. The van der Waals surface area contributed by atoms with Crippen molar-refractivity contribution >= 4 is 17.3 Å². The standard InChI is InChI=1S/C12H19NO2S/c1-9(13-7-6-12(14)15-3)8-11-5-4-10(2)16-11/h4-5,9,13H,6-8H2,1-3H3. The largest absolute Gasteiger partial charge is 0.469 e. The normalized spacial score (nSPS) is 12.4. The number of thiophene rings is 1. The first-order valence-corrected chi connectivity index (χ1v) is 6.29. The van der Waals surface area contributed by atoms with E-state index in [-0.39, 0.29) is 5.97 Å². The highest BCUT2D eigenvalue weighted by atomic mass is 32.1. The maximum absolute atomic E-state index is 10.9. The summed E-state index contributed by atoms with van der Waals surface area (Å²) >= 11 is 1.83. The first kappa shape index (κ1) is 13.2. The fourth-order valence-electron chi connectivity index (χ4n) is 1.49. The van der Waals surface area contributed by atoms with Crippen LogP contribution in [0.4, 0.5) is 0 Å². The first-order chi connectivity index (χ1) is 7.61. The second-order valence-corrected chi connectivity index (χ2v) is 5.27. The van der Waals surface area contributed by atoms with E-state index >= 15 is 0 Å². The van der Waals surface area contributed by atoms with Crippen LogP contribution < -0.4 is 5.32 Å². The van der Waals surface area contributed by atoms with Crippen molar-refractivity contribution in [2.24, 2.45) is 0 Å². The number of methoxy groups -OCH3 is 1. The molecule has 0 aliphatic heterocycles. The van der Waals surface area contributed by atoms with Gasteiger partial charge in [0.2, 0.25) is 0 Å². The van der Waals surface area contributed by atoms with Gasteiger partial charge < -0.3 is 10.1 Å². The smallest absolute Gasteiger partial charge is 0.306 e. The quantitative estimate of drug-likeness (QED) is 0.775. The van der Waals surface area contributed by atoms with Crippen LogP contribution in [0.15, 0.2) is 12.1 Å². The van der Waals surface area contributed by atoms with Crippen LogP contribution in [0.2, 0.25) is 0 Å². The van der Waals surface area contributed by atoms with Crippen LogP contribution in [0.3, 0.4) is 0 Å². The van der Waals surface area contributed by atoms with Crippen molar-refractivity contribution in [1.82, 2.24) is 5.32 Å². The van der Waals surface area contributed by atoms with Gasteiger partial charge in [-0.1, -0.05) is 0 Å². The fourth-order valence-corrected chi connectivity index (χ4v) is 2.51. The summed E-state index contributed by atoms with van der Waals surface area (Å²) < 4.78 is 4.58. The summed E-state index contributed by atoms with van der Waals surface area (Å²) in [4.78, 5) is 13.6. The molecule has 1 rings (SSSR count). The van der Waals surface area contributed by atoms with E-state index in [1.165, 1.54) is 16.9 Å². The highest BCUT2D eigenvalue weighted by Crippen LogP contribution is 2.16. The number of ether oxygens (including phenoxy) is 1. The second-order valence-electron chi connectivity index (χ2n) is 3.90. The Bertz CT molecular complexity index is 336. The third-order valence-corrected chi connectivity index (χ3v) is 3.38. The van der Waals surface area contributed by atoms with E-state index in [4.69, 9.17) is 0 Å². The lowest BCUT2D eigenvalue weighted by Gasteiger charge is -2.11. The van der Waals surface area contributed by atoms with Crippen LogP contribution in [0.5, 0.6) is 0 Å². The Kier molecular flexibility index (Phi) is 5.49. The lowest BCUT2D eigenvalue weighted by atomic mass is 10.2. The van der Waals surface area contributed by atoms with E-state index < -0.39 is 0 Å². The average molecular weight is 241 g/mol. The molecule has 0 amide bonds. The molecule has 4 heteroatoms. The molecule has 1 atom stereocenters. The number of carbonyl (C=O) groups excluding carboxylic acids is 1. The zero-order valence-corrected chi connectivity index (χ0v) is 10.9. The Morgan fingerprint density at radius 3 is 2.88 bits per heavy atom. The molecule has 1 aromatic heterocycles. The van der Waals surface area contributed by atoms with Gasteiger partial charge in [-0.15, -0.1) is 11.3 Å². The summed E-state index contributed by atoms with van der Waals surface area (Å²) in [6.45, 7) is 4.92. The number of nitrogens with one attached hydrogen (secondary N) is 1. The lowest BCUT2D eigenvalue weighted by molar-refractivity contribution is -0.140. The predicted octanol–water partition coefficient (Wildman–Crippen LogP) is 2.14. The van der Waals surface area contributed by atoms with Crippen molar-refractivity contribution in [2.45, 2.75) is 32.7 Å². The minimum atomic E-state index is -0.160. The third-order valence-electron chi connectivity index (χ3n) is 2.35. The molecule has 0 saturated carbocycles. The zero-order chi connectivity index (χ0) is 12.0. The topological polar surface area (TPSA) is 38.3 Å². The van der Waals surface area contributed by atoms with Gasteiger partial charge in [-0.3, -0.25) is 4.79 Å². The fraction of sp³-hybridized carbons (Fsp3) is 0.583. The van der Waals surface area contributed by atoms with Gasteiger partial charge >= 0.3 is 5.97 Å². The Morgan fingerprint density at radius 2 is 2.31 bits per heavy atom. The van der Waals surface area contributed by atoms with E-state index in [2.05, 4.69) is 36.0 Å². The third kappa shape index (κ3) is 4.77. The van der Waals surface area contributed by atoms with Crippen molar-refractivity contribution in [3.63, 3.8) is 0 Å². The maximum atomic E-state index is 10.9. The molecule has 0 fully saturated rings. The molecule has 0 aromatic carbocycles. The molecule has 0 bridgehead atoms. The molecule has 0 spiro atoms. The van der Waals surface area contributed by atoms with Gasteiger partial charge in [-0.05, 0) is 32.4 Å². The van der Waals surface area contributed by atoms with E-state index in [0.717, 1.165) is 6.42 Å². The van der Waals surface area contributed by atoms with Gasteiger partial charge in [0.25, 0.3) is 0 Å². The van der Waals surface area contributed by atoms with E-state index in [1.807, 2.05) is 11.3 Å². The summed E-state index contributed by atoms with van der Waals surface area (Å²) in [6.07, 6.45) is 1.45. The van der Waals surface area contributed by atoms with Gasteiger partial charge in [-0.25, -0.2) is 0 Å². The maximum Gasteiger partial charge on any atom is 0.306 e. The Hall–Kier alpha value is -0.870. The number of esters is 1. The molecule has 1 aromatic rings. The lowest BCUT2D eigenvalue weighted by Crippen LogP contribution is -2.30. The number of carbonyl (C=O) groups is 1. The Morgan fingerprint density at radius 1 is 1.56 bits per heavy atom. The van der Waals surface area contributed by atoms with Gasteiger partial charge in [0.1, 0.15) is 0 Å². The van der Waals surface area contributed by atoms with Crippen molar-refractivity contribution in [2.75, 3.05) is 13.7 Å². The second kappa shape index (κ2) is 6.66. The van der Waals surface area contributed by atoms with Crippen molar-refractivity contribution in [1.29, 1.82) is 0 Å². The summed E-state index contributed by atoms with van der Waals surface area (Å²) in [6, 6.07) is 4.70. The van der Waals surface area contributed by atoms with Gasteiger partial charge in [-0.2, -0.15) is 0 Å². The minimum absolute atomic E-state index is 0.160. The zero-order valence-electron chi connectivity index (χ0n) is 10.1. The van der Waals surface area contributed by atoms with Crippen molar-refractivity contribution < 1.29 is 9.53 Å². The number of hydrogen-bond acceptors (Lipinski definition) is 4. The van der Waals surface area contributed by atoms with E-state index in [9.17, 15) is 4.79 Å². The number of rotatable bonds is 6. The number of aryl methyl sites for hydroxylation is 1. The van der Waals surface area contributed by atoms with E-state index in [0.29, 0.717) is 19.0 Å². The summed E-state index contributed by atoms with van der Waals surface area (Å²) in [5.74, 6) is -0.160. The van der Waals surface area contributed by atoms with Gasteiger partial charge in [0, 0.05) is 22.3 Å². The van der Waals surface area contributed by atoms with Crippen LogP contribution in [-0.2, 0) is 16.0 Å². The molecular formula is C12H19NO2S. The molecule has 3 nitrogen and oxygen atoms in total. The highest BCUT2D eigenvalue weighted by molar-refractivity contribution is 7.11. The molecule has 90 valence electrons. The highest BCUT2D eigenvalue weighted by Gasteiger charge is 2.06. The molecular weight excluding hydrogens is 222 g/mol. The van der Waals surface area contributed by atoms with Crippen LogP contribution in [0.1, 0.15) is 23.1 Å². The van der Waals surface area contributed by atoms with Crippen molar-refractivity contribution in [3.8, 4) is 0 Å². The van der Waals surface area contributed by atoms with Crippen molar-refractivity contribution in [3.05, 3.63) is 21.9 Å². The van der Waals surface area contributed by atoms with Crippen LogP contribution >= 0.6 is 11.3 Å². The van der Waals surface area contributed by atoms with Gasteiger partial charge in [0.15, 0.2) is 0 Å². The number of hydrogen-bond donors (Lipinski definition) is 1. The van der Waals surface area contributed by atoms with Crippen LogP contribution in [0, 0.1) is 6.92 Å². The minimum Gasteiger partial charge on any atom is -0.469 e. The molecule has 16 heavy (non-hydrogen) atoms. The SMILES string of the molecule is COC(=O)CCNC(C)Cc1ccc(C)s1. The molecule has 1 N–H and O–H groups in total. The summed E-state index contributed by atoms with van der Waals surface area (Å²) in [5, 5.41) is 3.31. The molecule has 0 aliphatic carbocycles. The Balaban J connectivity index is 2.20.